The molecule has 1 aliphatic rings. The Hall–Kier alpha value is -2.45. The molecule has 34 heavy (non-hydrogen) atoms. The van der Waals surface area contributed by atoms with Crippen LogP contribution in [0.5, 0.6) is 11.5 Å². The van der Waals surface area contributed by atoms with Crippen LogP contribution >= 0.6 is 50.9 Å². The van der Waals surface area contributed by atoms with Crippen molar-refractivity contribution in [1.29, 1.82) is 0 Å². The van der Waals surface area contributed by atoms with Gasteiger partial charge in [-0.2, -0.15) is 0 Å². The number of benzene rings is 3. The molecule has 0 unspecified atom stereocenters. The molecule has 0 aliphatic carbocycles. The first-order valence-corrected chi connectivity index (χ1v) is 12.7. The summed E-state index contributed by atoms with van der Waals surface area (Å²) in [5.41, 5.74) is 2.44. The number of hydrogen-bond donors (Lipinski definition) is 1. The van der Waals surface area contributed by atoms with Crippen LogP contribution in [0.3, 0.4) is 0 Å². The Bertz CT molecular complexity index is 1280. The molecule has 9 heteroatoms. The van der Waals surface area contributed by atoms with Crippen LogP contribution < -0.4 is 14.8 Å². The summed E-state index contributed by atoms with van der Waals surface area (Å²) in [6.07, 6.45) is 1.78. The molecule has 1 heterocycles. The van der Waals surface area contributed by atoms with Crippen molar-refractivity contribution in [2.24, 2.45) is 4.99 Å². The number of carbonyl (C=O) groups excluding carboxylic acids is 1. The van der Waals surface area contributed by atoms with Gasteiger partial charge in [-0.25, -0.2) is 4.99 Å². The lowest BCUT2D eigenvalue weighted by atomic mass is 10.1. The number of aliphatic imine (C=N–C) groups is 1. The maximum atomic E-state index is 12.5. The number of amidine groups is 1. The average Bonchev–Trinajstić information content (AvgIpc) is 3.15. The highest BCUT2D eigenvalue weighted by Crippen LogP contribution is 2.39. The normalized spacial score (nSPS) is 15.6. The minimum atomic E-state index is -0.234. The van der Waals surface area contributed by atoms with Crippen LogP contribution in [0.2, 0.25) is 10.0 Å². The molecule has 0 atom stereocenters. The molecule has 3 aromatic rings. The fraction of sp³-hybridized carbons (Fsp3) is 0.120. The van der Waals surface area contributed by atoms with Gasteiger partial charge in [0.2, 0.25) is 0 Å². The third kappa shape index (κ3) is 6.16. The maximum Gasteiger partial charge on any atom is 0.264 e. The standard InChI is InChI=1S/C25H19BrCl2N2O3S/c1-2-32-21-11-16(10-18(26)23(21)33-14-15-6-4-3-5-7-15)12-22-24(31)30-25(34-22)29-17-8-9-19(27)20(28)13-17/h3-13H,2,14H2,1H3,(H,29,30,31)/b22-12+. The maximum absolute atomic E-state index is 12.5. The van der Waals surface area contributed by atoms with Gasteiger partial charge in [0, 0.05) is 0 Å². The Morgan fingerprint density at radius 3 is 2.59 bits per heavy atom. The predicted molar refractivity (Wildman–Crippen MR) is 143 cm³/mol. The van der Waals surface area contributed by atoms with E-state index in [0.29, 0.717) is 50.5 Å². The Morgan fingerprint density at radius 1 is 1.06 bits per heavy atom. The zero-order valence-corrected chi connectivity index (χ0v) is 21.9. The molecule has 5 nitrogen and oxygen atoms in total. The monoisotopic (exact) mass is 576 g/mol. The summed E-state index contributed by atoms with van der Waals surface area (Å²) in [6.45, 7) is 2.79. The first-order chi connectivity index (χ1) is 16.4. The largest absolute Gasteiger partial charge is 0.490 e. The van der Waals surface area contributed by atoms with Crippen molar-refractivity contribution >= 4 is 73.7 Å². The third-order valence-corrected chi connectivity index (χ3v) is 6.88. The van der Waals surface area contributed by atoms with Crippen LogP contribution in [-0.2, 0) is 11.4 Å². The van der Waals surface area contributed by atoms with Crippen LogP contribution in [0, 0.1) is 0 Å². The molecule has 0 saturated carbocycles. The molecule has 1 amide bonds. The molecule has 1 fully saturated rings. The van der Waals surface area contributed by atoms with Gasteiger partial charge in [0.15, 0.2) is 16.7 Å². The molecule has 3 aromatic carbocycles. The topological polar surface area (TPSA) is 59.9 Å². The SMILES string of the molecule is CCOc1cc(/C=C2/SC(=Nc3ccc(Cl)c(Cl)c3)NC2=O)cc(Br)c1OCc1ccccc1. The second-order valence-electron chi connectivity index (χ2n) is 7.12. The van der Waals surface area contributed by atoms with E-state index in [9.17, 15) is 4.79 Å². The second kappa shape index (κ2) is 11.3. The van der Waals surface area contributed by atoms with Crippen molar-refractivity contribution in [3.63, 3.8) is 0 Å². The van der Waals surface area contributed by atoms with E-state index in [1.165, 1.54) is 11.8 Å². The molecule has 0 spiro atoms. The van der Waals surface area contributed by atoms with Crippen LogP contribution in [0.4, 0.5) is 5.69 Å². The number of nitrogens with zero attached hydrogens (tertiary/aromatic N) is 1. The molecule has 0 radical (unpaired) electrons. The van der Waals surface area contributed by atoms with Crippen molar-refractivity contribution in [2.75, 3.05) is 6.61 Å². The van der Waals surface area contributed by atoms with Crippen molar-refractivity contribution in [2.45, 2.75) is 13.5 Å². The molecular weight excluding hydrogens is 559 g/mol. The van der Waals surface area contributed by atoms with Gasteiger partial charge in [0.05, 0.1) is 31.7 Å². The van der Waals surface area contributed by atoms with Gasteiger partial charge in [-0.3, -0.25) is 4.79 Å². The van der Waals surface area contributed by atoms with Crippen LogP contribution in [0.25, 0.3) is 6.08 Å². The van der Waals surface area contributed by atoms with E-state index in [0.717, 1.165) is 15.6 Å². The quantitative estimate of drug-likeness (QED) is 0.293. The molecule has 174 valence electrons. The van der Waals surface area contributed by atoms with Crippen molar-refractivity contribution in [3.05, 3.63) is 91.2 Å². The summed E-state index contributed by atoms with van der Waals surface area (Å²) in [4.78, 5) is 17.5. The second-order valence-corrected chi connectivity index (χ2v) is 9.82. The molecule has 0 aromatic heterocycles. The Labute approximate surface area is 220 Å². The molecule has 4 rings (SSSR count). The molecular formula is C25H19BrCl2N2O3S. The van der Waals surface area contributed by atoms with Gasteiger partial charge in [0.25, 0.3) is 5.91 Å². The Morgan fingerprint density at radius 2 is 1.85 bits per heavy atom. The number of carbonyl (C=O) groups is 1. The van der Waals surface area contributed by atoms with Gasteiger partial charge in [-0.1, -0.05) is 53.5 Å². The van der Waals surface area contributed by atoms with Gasteiger partial charge < -0.3 is 14.8 Å². The average molecular weight is 578 g/mol. The van der Waals surface area contributed by atoms with Gasteiger partial charge in [-0.05, 0) is 82.2 Å². The molecule has 1 N–H and O–H groups in total. The highest BCUT2D eigenvalue weighted by Gasteiger charge is 2.24. The number of rotatable bonds is 7. The van der Waals surface area contributed by atoms with Crippen molar-refractivity contribution in [3.8, 4) is 11.5 Å². The summed E-state index contributed by atoms with van der Waals surface area (Å²) in [5, 5.41) is 4.08. The van der Waals surface area contributed by atoms with E-state index in [-0.39, 0.29) is 5.91 Å². The lowest BCUT2D eigenvalue weighted by Crippen LogP contribution is -2.19. The minimum Gasteiger partial charge on any atom is -0.490 e. The Balaban J connectivity index is 1.56. The number of nitrogens with one attached hydrogen (secondary N) is 1. The summed E-state index contributed by atoms with van der Waals surface area (Å²) < 4.78 is 12.6. The highest BCUT2D eigenvalue weighted by atomic mass is 79.9. The number of thioether (sulfide) groups is 1. The first kappa shape index (κ1) is 24.7. The Kier molecular flexibility index (Phi) is 8.21. The van der Waals surface area contributed by atoms with Gasteiger partial charge in [-0.15, -0.1) is 0 Å². The van der Waals surface area contributed by atoms with E-state index in [1.54, 1.807) is 24.3 Å². The predicted octanol–water partition coefficient (Wildman–Crippen LogP) is 7.63. The van der Waals surface area contributed by atoms with Gasteiger partial charge >= 0.3 is 0 Å². The third-order valence-electron chi connectivity index (χ3n) is 4.64. The van der Waals surface area contributed by atoms with Crippen molar-refractivity contribution < 1.29 is 14.3 Å². The lowest BCUT2D eigenvalue weighted by molar-refractivity contribution is -0.115. The zero-order valence-electron chi connectivity index (χ0n) is 18.0. The molecule has 1 aliphatic heterocycles. The van der Waals surface area contributed by atoms with E-state index in [2.05, 4.69) is 26.2 Å². The lowest BCUT2D eigenvalue weighted by Gasteiger charge is -2.15. The summed E-state index contributed by atoms with van der Waals surface area (Å²) in [6, 6.07) is 18.7. The summed E-state index contributed by atoms with van der Waals surface area (Å²) in [5.74, 6) is 0.966. The van der Waals surface area contributed by atoms with E-state index < -0.39 is 0 Å². The highest BCUT2D eigenvalue weighted by molar-refractivity contribution is 9.10. The summed E-state index contributed by atoms with van der Waals surface area (Å²) >= 11 is 16.8. The van der Waals surface area contributed by atoms with Crippen LogP contribution in [-0.4, -0.2) is 17.7 Å². The fourth-order valence-electron chi connectivity index (χ4n) is 3.11. The van der Waals surface area contributed by atoms with Crippen LogP contribution in [0.15, 0.2) is 75.0 Å². The molecule has 1 saturated heterocycles. The zero-order chi connectivity index (χ0) is 24.1. The minimum absolute atomic E-state index is 0.234. The number of hydrogen-bond acceptors (Lipinski definition) is 5. The van der Waals surface area contributed by atoms with Gasteiger partial charge in [0.1, 0.15) is 6.61 Å². The smallest absolute Gasteiger partial charge is 0.264 e. The van der Waals surface area contributed by atoms with E-state index in [1.807, 2.05) is 49.4 Å². The summed E-state index contributed by atoms with van der Waals surface area (Å²) in [7, 11) is 0. The number of ether oxygens (including phenoxy) is 2. The molecule has 0 bridgehead atoms. The van der Waals surface area contributed by atoms with E-state index in [4.69, 9.17) is 32.7 Å². The number of halogens is 3. The number of amides is 1. The first-order valence-electron chi connectivity index (χ1n) is 10.3. The van der Waals surface area contributed by atoms with Crippen LogP contribution in [0.1, 0.15) is 18.1 Å². The van der Waals surface area contributed by atoms with E-state index >= 15 is 0 Å². The fourth-order valence-corrected chi connectivity index (χ4v) is 4.82. The van der Waals surface area contributed by atoms with Crippen molar-refractivity contribution in [1.82, 2.24) is 5.32 Å².